The van der Waals surface area contributed by atoms with Crippen molar-refractivity contribution in [2.45, 2.75) is 25.4 Å². The van der Waals surface area contributed by atoms with E-state index in [2.05, 4.69) is 59.5 Å². The van der Waals surface area contributed by atoms with Crippen LogP contribution in [0, 0.1) is 0 Å². The van der Waals surface area contributed by atoms with Gasteiger partial charge in [0.25, 0.3) is 0 Å². The zero-order chi connectivity index (χ0) is 13.1. The first-order valence-electron chi connectivity index (χ1n) is 6.97. The number of hydrogen-bond acceptors (Lipinski definition) is 2. The molecule has 1 heterocycles. The summed E-state index contributed by atoms with van der Waals surface area (Å²) in [7, 11) is 0. The quantitative estimate of drug-likeness (QED) is 0.786. The van der Waals surface area contributed by atoms with Gasteiger partial charge < -0.3 is 12.1 Å². The van der Waals surface area contributed by atoms with Crippen LogP contribution in [-0.4, -0.2) is 29.9 Å². The third kappa shape index (κ3) is 4.17. The van der Waals surface area contributed by atoms with Crippen LogP contribution in [0.15, 0.2) is 54.6 Å². The van der Waals surface area contributed by atoms with Gasteiger partial charge in [-0.1, -0.05) is 48.5 Å². The van der Waals surface area contributed by atoms with Crippen molar-refractivity contribution in [1.82, 2.24) is 0 Å². The molecule has 3 rings (SSSR count). The van der Waals surface area contributed by atoms with E-state index in [9.17, 15) is 0 Å². The van der Waals surface area contributed by atoms with Crippen LogP contribution in [0.4, 0.5) is 5.69 Å². The summed E-state index contributed by atoms with van der Waals surface area (Å²) in [6, 6.07) is 19.8. The minimum absolute atomic E-state index is 0. The fourth-order valence-corrected chi connectivity index (χ4v) is 2.92. The number of nitrogens with two attached hydrogens (primary N) is 1. The number of benzene rings is 2. The van der Waals surface area contributed by atoms with Crippen LogP contribution in [0.25, 0.3) is 0 Å². The van der Waals surface area contributed by atoms with Gasteiger partial charge in [-0.15, -0.1) is 0 Å². The van der Waals surface area contributed by atoms with E-state index in [4.69, 9.17) is 5.73 Å². The number of para-hydroxylation sites is 1. The normalized spacial score (nSPS) is 16.4. The van der Waals surface area contributed by atoms with Crippen molar-refractivity contribution in [3.63, 3.8) is 0 Å². The van der Waals surface area contributed by atoms with Crippen LogP contribution >= 0.6 is 0 Å². The van der Waals surface area contributed by atoms with Crippen molar-refractivity contribution in [2.24, 2.45) is 5.73 Å². The van der Waals surface area contributed by atoms with E-state index in [1.54, 1.807) is 0 Å². The molecule has 0 bridgehead atoms. The summed E-state index contributed by atoms with van der Waals surface area (Å²) in [6.07, 6.45) is 2.30. The number of nitrogens with zero attached hydrogens (tertiary/aromatic N) is 1. The smallest absolute Gasteiger partial charge is 1.00 e. The average molecular weight is 287 g/mol. The first-order chi connectivity index (χ1) is 9.38. The fourth-order valence-electron chi connectivity index (χ4n) is 2.92. The largest absolute Gasteiger partial charge is 1.00 e. The molecule has 0 amide bonds. The number of fused-ring (bicyclic) bond motifs is 1. The van der Waals surface area contributed by atoms with Gasteiger partial charge in [-0.25, -0.2) is 0 Å². The molecule has 3 radical (unpaired) electrons. The molecule has 21 heavy (non-hydrogen) atoms. The summed E-state index contributed by atoms with van der Waals surface area (Å²) in [5, 5.41) is 0. The maximum Gasteiger partial charge on any atom is 1.00 e. The van der Waals surface area contributed by atoms with Gasteiger partial charge in [-0.05, 0) is 30.0 Å². The average Bonchev–Trinajstić information content (AvgIpc) is 2.49. The van der Waals surface area contributed by atoms with Crippen LogP contribution < -0.4 is 29.5 Å². The molecule has 2 aromatic carbocycles. The van der Waals surface area contributed by atoms with Crippen molar-refractivity contribution in [1.29, 1.82) is 0 Å². The maximum absolute atomic E-state index is 5.96. The molecule has 4 heteroatoms. The Morgan fingerprint density at radius 1 is 1.05 bits per heavy atom. The van der Waals surface area contributed by atoms with Gasteiger partial charge in [-0.2, -0.15) is 0 Å². The van der Waals surface area contributed by atoms with E-state index in [1.807, 2.05) is 0 Å². The summed E-state index contributed by atoms with van der Waals surface area (Å²) in [6.45, 7) is 1.67. The van der Waals surface area contributed by atoms with E-state index in [0.717, 1.165) is 25.9 Å². The Morgan fingerprint density at radius 2 is 1.71 bits per heavy atom. The van der Waals surface area contributed by atoms with Crippen LogP contribution in [0.1, 0.15) is 19.0 Å². The van der Waals surface area contributed by atoms with E-state index in [1.165, 1.54) is 16.8 Å². The number of aryl methyl sites for hydroxylation is 1. The molecule has 1 aliphatic heterocycles. The molecule has 1 unspecified atom stereocenters. The van der Waals surface area contributed by atoms with Crippen molar-refractivity contribution in [3.05, 3.63) is 65.7 Å². The molecule has 1 atom stereocenters. The first-order valence-corrected chi connectivity index (χ1v) is 6.97. The molecule has 103 valence electrons. The minimum Gasteiger partial charge on any atom is -1.00 e. The topological polar surface area (TPSA) is 29.3 Å². The second kappa shape index (κ2) is 8.70. The van der Waals surface area contributed by atoms with Gasteiger partial charge in [0.2, 0.25) is 0 Å². The summed E-state index contributed by atoms with van der Waals surface area (Å²) in [5.41, 5.74) is 10.1. The number of rotatable bonds is 3. The number of anilines is 1. The summed E-state index contributed by atoms with van der Waals surface area (Å²) in [4.78, 5) is 2.47. The molecule has 0 aliphatic carbocycles. The van der Waals surface area contributed by atoms with Gasteiger partial charge in [0.15, 0.2) is 0 Å². The minimum atomic E-state index is 0. The first kappa shape index (κ1) is 18.4. The van der Waals surface area contributed by atoms with Gasteiger partial charge in [0.1, 0.15) is 0 Å². The van der Waals surface area contributed by atoms with Crippen molar-refractivity contribution >= 4 is 23.0 Å². The standard InChI is InChI=1S/C17H20N2.Al.Li.H/c18-12-16-11-10-15-8-4-5-9-17(15)19(16)13-14-6-2-1-3-7-14;;;/h1-9,16H,10-13,18H2;;;/q;;+1;-1. The van der Waals surface area contributed by atoms with Crippen molar-refractivity contribution in [2.75, 3.05) is 11.4 Å². The Balaban J connectivity index is 0.00000147. The molecule has 0 saturated carbocycles. The third-order valence-corrected chi connectivity index (χ3v) is 3.96. The Morgan fingerprint density at radius 3 is 2.43 bits per heavy atom. The predicted molar refractivity (Wildman–Crippen MR) is 87.1 cm³/mol. The molecule has 2 nitrogen and oxygen atoms in total. The second-order valence-electron chi connectivity index (χ2n) is 5.17. The molecule has 0 saturated heterocycles. The fraction of sp³-hybridized carbons (Fsp3) is 0.294. The van der Waals surface area contributed by atoms with E-state index >= 15 is 0 Å². The van der Waals surface area contributed by atoms with Crippen molar-refractivity contribution in [3.8, 4) is 0 Å². The van der Waals surface area contributed by atoms with Crippen molar-refractivity contribution < 1.29 is 20.3 Å². The zero-order valence-corrected chi connectivity index (χ0v) is 13.9. The summed E-state index contributed by atoms with van der Waals surface area (Å²) in [5.74, 6) is 0. The third-order valence-electron chi connectivity index (χ3n) is 3.96. The van der Waals surface area contributed by atoms with Gasteiger partial charge in [-0.3, -0.25) is 0 Å². The van der Waals surface area contributed by atoms with Gasteiger partial charge >= 0.3 is 18.9 Å². The molecule has 0 aromatic heterocycles. The van der Waals surface area contributed by atoms with E-state index in [0.29, 0.717) is 6.04 Å². The Hall–Kier alpha value is -0.670. The molecular formula is C17H21AlLiN2. The second-order valence-corrected chi connectivity index (χ2v) is 5.17. The summed E-state index contributed by atoms with van der Waals surface area (Å²) >= 11 is 0. The maximum atomic E-state index is 5.96. The Labute approximate surface area is 151 Å². The van der Waals surface area contributed by atoms with Crippen LogP contribution in [-0.2, 0) is 13.0 Å². The molecule has 2 N–H and O–H groups in total. The van der Waals surface area contributed by atoms with Crippen LogP contribution in [0.3, 0.4) is 0 Å². The summed E-state index contributed by atoms with van der Waals surface area (Å²) < 4.78 is 0. The van der Waals surface area contributed by atoms with Gasteiger partial charge in [0.05, 0.1) is 0 Å². The molecule has 2 aromatic rings. The molecule has 1 aliphatic rings. The number of hydrogen-bond donors (Lipinski definition) is 1. The molecule has 0 fully saturated rings. The molecular weight excluding hydrogens is 266 g/mol. The Bertz CT molecular complexity index is 553. The van der Waals surface area contributed by atoms with Crippen LogP contribution in [0.2, 0.25) is 0 Å². The predicted octanol–water partition coefficient (Wildman–Crippen LogP) is -0.298. The zero-order valence-electron chi connectivity index (χ0n) is 13.7. The van der Waals surface area contributed by atoms with Gasteiger partial charge in [0, 0.05) is 42.2 Å². The van der Waals surface area contributed by atoms with E-state index < -0.39 is 0 Å². The monoisotopic (exact) mass is 287 g/mol. The van der Waals surface area contributed by atoms with E-state index in [-0.39, 0.29) is 37.6 Å². The molecule has 0 spiro atoms. The van der Waals surface area contributed by atoms with Crippen LogP contribution in [0.5, 0.6) is 0 Å². The SMILES string of the molecule is NCC1CCc2ccccc2N1Cc1ccccc1.[Al].[H-].[Li+]. The Kier molecular flexibility index (Phi) is 7.61.